The minimum Gasteiger partial charge on any atom is -0.478 e. The number of carboxylic acid groups (broad SMARTS) is 1. The number of nitrogens with one attached hydrogen (secondary N) is 1. The summed E-state index contributed by atoms with van der Waals surface area (Å²) in [6, 6.07) is 8.18. The number of nitrogens with zero attached hydrogens (tertiary/aromatic N) is 2. The van der Waals surface area contributed by atoms with Crippen LogP contribution in [0.1, 0.15) is 16.1 Å². The molecule has 0 aliphatic carbocycles. The first-order valence-corrected chi connectivity index (χ1v) is 5.26. The fourth-order valence-electron chi connectivity index (χ4n) is 1.53. The van der Waals surface area contributed by atoms with Crippen molar-refractivity contribution in [2.75, 3.05) is 11.1 Å². The van der Waals surface area contributed by atoms with E-state index in [-0.39, 0.29) is 11.5 Å². The average molecular weight is 244 g/mol. The zero-order valence-electron chi connectivity index (χ0n) is 9.71. The van der Waals surface area contributed by atoms with Gasteiger partial charge in [0, 0.05) is 17.4 Å². The van der Waals surface area contributed by atoms with Crippen LogP contribution < -0.4 is 11.1 Å². The van der Waals surface area contributed by atoms with Crippen LogP contribution in [0, 0.1) is 6.92 Å². The molecule has 0 unspecified atom stereocenters. The maximum Gasteiger partial charge on any atom is 0.335 e. The molecule has 1 aromatic carbocycles. The second-order valence-electron chi connectivity index (χ2n) is 3.76. The van der Waals surface area contributed by atoms with Crippen molar-refractivity contribution in [2.24, 2.45) is 0 Å². The van der Waals surface area contributed by atoms with Crippen LogP contribution in [-0.2, 0) is 0 Å². The molecule has 2 aromatic rings. The number of aromatic carboxylic acids is 1. The van der Waals surface area contributed by atoms with Crippen molar-refractivity contribution in [3.8, 4) is 0 Å². The smallest absolute Gasteiger partial charge is 0.335 e. The number of nitrogens with two attached hydrogens (primary N) is 1. The maximum absolute atomic E-state index is 10.8. The zero-order valence-corrected chi connectivity index (χ0v) is 9.71. The molecule has 6 heteroatoms. The number of hydrogen-bond acceptors (Lipinski definition) is 5. The first kappa shape index (κ1) is 11.8. The van der Waals surface area contributed by atoms with E-state index in [4.69, 9.17) is 10.8 Å². The summed E-state index contributed by atoms with van der Waals surface area (Å²) in [5.41, 5.74) is 7.11. The Bertz CT molecular complexity index is 578. The van der Waals surface area contributed by atoms with E-state index in [0.29, 0.717) is 11.5 Å². The molecule has 6 nitrogen and oxygen atoms in total. The van der Waals surface area contributed by atoms with E-state index in [1.54, 1.807) is 25.1 Å². The molecular weight excluding hydrogens is 232 g/mol. The van der Waals surface area contributed by atoms with Gasteiger partial charge in [-0.3, -0.25) is 0 Å². The minimum absolute atomic E-state index is 0.173. The Morgan fingerprint density at radius 3 is 2.78 bits per heavy atom. The number of nitrogen functional groups attached to an aromatic ring is 1. The molecule has 4 N–H and O–H groups in total. The molecule has 0 spiro atoms. The Kier molecular flexibility index (Phi) is 3.09. The minimum atomic E-state index is -0.975. The van der Waals surface area contributed by atoms with Gasteiger partial charge in [-0.05, 0) is 25.1 Å². The Labute approximate surface area is 104 Å². The SMILES string of the molecule is Cc1cc(Nc2cccc(C(=O)O)c2)nc(N)n1. The van der Waals surface area contributed by atoms with Gasteiger partial charge in [-0.25, -0.2) is 9.78 Å². The number of aromatic nitrogens is 2. The molecule has 2 rings (SSSR count). The molecule has 1 heterocycles. The number of hydrogen-bond donors (Lipinski definition) is 3. The lowest BCUT2D eigenvalue weighted by Gasteiger charge is -2.07. The Balaban J connectivity index is 2.28. The molecule has 18 heavy (non-hydrogen) atoms. The van der Waals surface area contributed by atoms with Gasteiger partial charge in [0.15, 0.2) is 0 Å². The third kappa shape index (κ3) is 2.73. The summed E-state index contributed by atoms with van der Waals surface area (Å²) in [6.45, 7) is 1.80. The van der Waals surface area contributed by atoms with E-state index in [9.17, 15) is 4.79 Å². The molecule has 0 atom stereocenters. The van der Waals surface area contributed by atoms with Crippen LogP contribution in [0.2, 0.25) is 0 Å². The highest BCUT2D eigenvalue weighted by Gasteiger charge is 2.04. The Morgan fingerprint density at radius 2 is 2.11 bits per heavy atom. The van der Waals surface area contributed by atoms with Gasteiger partial charge >= 0.3 is 5.97 Å². The van der Waals surface area contributed by atoms with Crippen LogP contribution in [0.3, 0.4) is 0 Å². The second-order valence-corrected chi connectivity index (χ2v) is 3.76. The Hall–Kier alpha value is -2.63. The lowest BCUT2D eigenvalue weighted by molar-refractivity contribution is 0.0697. The Morgan fingerprint density at radius 1 is 1.33 bits per heavy atom. The molecule has 0 fully saturated rings. The van der Waals surface area contributed by atoms with Crippen molar-refractivity contribution >= 4 is 23.4 Å². The van der Waals surface area contributed by atoms with Crippen molar-refractivity contribution in [3.63, 3.8) is 0 Å². The average Bonchev–Trinajstić information content (AvgIpc) is 2.27. The summed E-state index contributed by atoms with van der Waals surface area (Å²) in [6.07, 6.45) is 0. The van der Waals surface area contributed by atoms with E-state index in [1.165, 1.54) is 12.1 Å². The molecule has 0 aliphatic rings. The normalized spacial score (nSPS) is 10.1. The highest BCUT2D eigenvalue weighted by molar-refractivity contribution is 5.89. The molecular formula is C12H12N4O2. The number of carboxylic acids is 1. The molecule has 0 saturated carbocycles. The fourth-order valence-corrected chi connectivity index (χ4v) is 1.53. The highest BCUT2D eigenvalue weighted by atomic mass is 16.4. The number of carbonyl (C=O) groups is 1. The largest absolute Gasteiger partial charge is 0.478 e. The van der Waals surface area contributed by atoms with Gasteiger partial charge in [0.05, 0.1) is 5.56 Å². The maximum atomic E-state index is 10.8. The standard InChI is InChI=1S/C12H12N4O2/c1-7-5-10(16-12(13)14-7)15-9-4-2-3-8(6-9)11(17)18/h2-6H,1H3,(H,17,18)(H3,13,14,15,16). The van der Waals surface area contributed by atoms with Gasteiger partial charge < -0.3 is 16.2 Å². The van der Waals surface area contributed by atoms with Crippen molar-refractivity contribution < 1.29 is 9.90 Å². The van der Waals surface area contributed by atoms with E-state index in [2.05, 4.69) is 15.3 Å². The molecule has 92 valence electrons. The van der Waals surface area contributed by atoms with E-state index in [1.807, 2.05) is 0 Å². The predicted molar refractivity (Wildman–Crippen MR) is 67.9 cm³/mol. The van der Waals surface area contributed by atoms with Crippen molar-refractivity contribution in [3.05, 3.63) is 41.6 Å². The van der Waals surface area contributed by atoms with Gasteiger partial charge in [0.2, 0.25) is 5.95 Å². The zero-order chi connectivity index (χ0) is 13.1. The first-order chi connectivity index (χ1) is 8.54. The summed E-state index contributed by atoms with van der Waals surface area (Å²) in [4.78, 5) is 18.8. The first-order valence-electron chi connectivity index (χ1n) is 5.26. The fraction of sp³-hybridized carbons (Fsp3) is 0.0833. The van der Waals surface area contributed by atoms with Crippen LogP contribution >= 0.6 is 0 Å². The monoisotopic (exact) mass is 244 g/mol. The van der Waals surface area contributed by atoms with Crippen LogP contribution in [0.4, 0.5) is 17.5 Å². The molecule has 0 bridgehead atoms. The van der Waals surface area contributed by atoms with Crippen molar-refractivity contribution in [1.82, 2.24) is 9.97 Å². The van der Waals surface area contributed by atoms with Crippen LogP contribution in [0.5, 0.6) is 0 Å². The van der Waals surface area contributed by atoms with Gasteiger partial charge in [-0.2, -0.15) is 4.98 Å². The van der Waals surface area contributed by atoms with Gasteiger partial charge in [-0.1, -0.05) is 6.07 Å². The lowest BCUT2D eigenvalue weighted by atomic mass is 10.2. The molecule has 0 saturated heterocycles. The van der Waals surface area contributed by atoms with E-state index in [0.717, 1.165) is 5.69 Å². The third-order valence-corrected chi connectivity index (χ3v) is 2.25. The molecule has 1 aromatic heterocycles. The molecule has 0 amide bonds. The van der Waals surface area contributed by atoms with Gasteiger partial charge in [-0.15, -0.1) is 0 Å². The van der Waals surface area contributed by atoms with Crippen LogP contribution in [0.25, 0.3) is 0 Å². The molecule has 0 radical (unpaired) electrons. The van der Waals surface area contributed by atoms with Crippen LogP contribution in [-0.4, -0.2) is 21.0 Å². The summed E-state index contributed by atoms with van der Waals surface area (Å²) >= 11 is 0. The summed E-state index contributed by atoms with van der Waals surface area (Å²) < 4.78 is 0. The van der Waals surface area contributed by atoms with Gasteiger partial charge in [0.25, 0.3) is 0 Å². The molecule has 0 aliphatic heterocycles. The summed E-state index contributed by atoms with van der Waals surface area (Å²) in [7, 11) is 0. The predicted octanol–water partition coefficient (Wildman–Crippen LogP) is 1.81. The van der Waals surface area contributed by atoms with E-state index < -0.39 is 5.97 Å². The number of anilines is 3. The number of benzene rings is 1. The number of rotatable bonds is 3. The summed E-state index contributed by atoms with van der Waals surface area (Å²) in [5.74, 6) is -0.272. The van der Waals surface area contributed by atoms with Crippen molar-refractivity contribution in [2.45, 2.75) is 6.92 Å². The quantitative estimate of drug-likeness (QED) is 0.761. The number of aryl methyl sites for hydroxylation is 1. The van der Waals surface area contributed by atoms with E-state index >= 15 is 0 Å². The van der Waals surface area contributed by atoms with Gasteiger partial charge in [0.1, 0.15) is 5.82 Å². The third-order valence-electron chi connectivity index (χ3n) is 2.25. The lowest BCUT2D eigenvalue weighted by Crippen LogP contribution is -2.02. The topological polar surface area (TPSA) is 101 Å². The second kappa shape index (κ2) is 4.70. The van der Waals surface area contributed by atoms with Crippen molar-refractivity contribution in [1.29, 1.82) is 0 Å². The highest BCUT2D eigenvalue weighted by Crippen LogP contribution is 2.17. The van der Waals surface area contributed by atoms with Crippen LogP contribution in [0.15, 0.2) is 30.3 Å². The summed E-state index contributed by atoms with van der Waals surface area (Å²) in [5, 5.41) is 11.9.